The molecule has 1 fully saturated rings. The second-order valence-corrected chi connectivity index (χ2v) is 5.55. The van der Waals surface area contributed by atoms with Crippen molar-refractivity contribution in [3.63, 3.8) is 0 Å². The summed E-state index contributed by atoms with van der Waals surface area (Å²) in [5.41, 5.74) is 5.41. The second-order valence-electron chi connectivity index (χ2n) is 5.55. The van der Waals surface area contributed by atoms with Crippen LogP contribution in [-0.4, -0.2) is 21.3 Å². The van der Waals surface area contributed by atoms with Gasteiger partial charge in [-0.3, -0.25) is 15.4 Å². The third-order valence-electron chi connectivity index (χ3n) is 3.79. The first-order valence-corrected chi connectivity index (χ1v) is 6.64. The van der Waals surface area contributed by atoms with Crippen molar-refractivity contribution in [2.24, 2.45) is 11.8 Å². The van der Waals surface area contributed by atoms with Gasteiger partial charge in [0.1, 0.15) is 5.84 Å². The molecule has 0 aliphatic heterocycles. The van der Waals surface area contributed by atoms with E-state index in [0.717, 1.165) is 0 Å². The standard InChI is InChI=1S/C13H19F2N5/c1-8-2-3-13(14,15)7-9(6-8)11(17)20-5-4-19-10(16)12(20)18/h4-5,8-9,17-18H,2-3,6-7H2,1H3,(H2,16,19). The van der Waals surface area contributed by atoms with Gasteiger partial charge >= 0.3 is 0 Å². The number of alkyl halides is 2. The summed E-state index contributed by atoms with van der Waals surface area (Å²) in [5.74, 6) is -3.19. The molecule has 2 unspecified atom stereocenters. The molecule has 2 rings (SSSR count). The van der Waals surface area contributed by atoms with Crippen molar-refractivity contribution in [3.8, 4) is 0 Å². The maximum atomic E-state index is 13.8. The third kappa shape index (κ3) is 3.02. The average molecular weight is 283 g/mol. The number of nitrogens with one attached hydrogen (secondary N) is 2. The van der Waals surface area contributed by atoms with Crippen molar-refractivity contribution in [1.29, 1.82) is 10.8 Å². The molecule has 0 spiro atoms. The molecule has 0 amide bonds. The molecule has 1 aliphatic rings. The fourth-order valence-corrected chi connectivity index (χ4v) is 2.65. The first-order chi connectivity index (χ1) is 9.30. The van der Waals surface area contributed by atoms with Gasteiger partial charge in [-0.05, 0) is 18.8 Å². The van der Waals surface area contributed by atoms with E-state index in [1.807, 2.05) is 6.92 Å². The summed E-state index contributed by atoms with van der Waals surface area (Å²) in [5, 5.41) is 15.9. The summed E-state index contributed by atoms with van der Waals surface area (Å²) < 4.78 is 28.7. The summed E-state index contributed by atoms with van der Waals surface area (Å²) in [4.78, 5) is 3.75. The van der Waals surface area contributed by atoms with E-state index in [1.54, 1.807) is 0 Å². The summed E-state index contributed by atoms with van der Waals surface area (Å²) in [6.07, 6.45) is 3.32. The van der Waals surface area contributed by atoms with Crippen molar-refractivity contribution in [2.75, 3.05) is 5.73 Å². The Morgan fingerprint density at radius 1 is 1.55 bits per heavy atom. The number of hydrogen-bond donors (Lipinski definition) is 3. The Kier molecular flexibility index (Phi) is 3.87. The Bertz CT molecular complexity index is 566. The molecule has 110 valence electrons. The fraction of sp³-hybridized carbons (Fsp3) is 0.615. The van der Waals surface area contributed by atoms with Gasteiger partial charge in [0, 0.05) is 31.2 Å². The number of anilines is 1. The van der Waals surface area contributed by atoms with Gasteiger partial charge in [0.05, 0.1) is 0 Å². The zero-order chi connectivity index (χ0) is 14.9. The maximum Gasteiger partial charge on any atom is 0.248 e. The molecular formula is C13H19F2N5. The maximum absolute atomic E-state index is 13.8. The van der Waals surface area contributed by atoms with E-state index < -0.39 is 11.8 Å². The molecule has 0 bridgehead atoms. The zero-order valence-corrected chi connectivity index (χ0v) is 11.4. The lowest BCUT2D eigenvalue weighted by Crippen LogP contribution is -2.35. The van der Waals surface area contributed by atoms with Gasteiger partial charge in [-0.2, -0.15) is 0 Å². The van der Waals surface area contributed by atoms with Crippen LogP contribution in [0.1, 0.15) is 32.6 Å². The first kappa shape index (κ1) is 14.6. The predicted molar refractivity (Wildman–Crippen MR) is 71.7 cm³/mol. The van der Waals surface area contributed by atoms with Crippen LogP contribution in [0.2, 0.25) is 0 Å². The van der Waals surface area contributed by atoms with Crippen LogP contribution in [0.5, 0.6) is 0 Å². The van der Waals surface area contributed by atoms with Crippen LogP contribution in [0.4, 0.5) is 14.6 Å². The number of nitrogens with two attached hydrogens (primary N) is 1. The monoisotopic (exact) mass is 283 g/mol. The Hall–Kier alpha value is -1.79. The molecule has 4 N–H and O–H groups in total. The van der Waals surface area contributed by atoms with Gasteiger partial charge in [0.25, 0.3) is 0 Å². The first-order valence-electron chi connectivity index (χ1n) is 6.64. The number of aromatic nitrogens is 2. The molecule has 7 heteroatoms. The third-order valence-corrected chi connectivity index (χ3v) is 3.79. The zero-order valence-electron chi connectivity index (χ0n) is 11.4. The number of rotatable bonds is 1. The molecule has 2 atom stereocenters. The highest BCUT2D eigenvalue weighted by atomic mass is 19.3. The van der Waals surface area contributed by atoms with Crippen LogP contribution in [0, 0.1) is 22.7 Å². The predicted octanol–water partition coefficient (Wildman–Crippen LogP) is 2.23. The highest BCUT2D eigenvalue weighted by Gasteiger charge is 2.38. The van der Waals surface area contributed by atoms with Crippen LogP contribution >= 0.6 is 0 Å². The number of nitrogens with zero attached hydrogens (tertiary/aromatic N) is 2. The molecule has 1 aromatic heterocycles. The Morgan fingerprint density at radius 2 is 2.25 bits per heavy atom. The van der Waals surface area contributed by atoms with Gasteiger partial charge in [0.15, 0.2) is 11.3 Å². The summed E-state index contributed by atoms with van der Waals surface area (Å²) >= 11 is 0. The van der Waals surface area contributed by atoms with Crippen LogP contribution in [0.15, 0.2) is 12.4 Å². The molecule has 1 heterocycles. The average Bonchev–Trinajstić information content (AvgIpc) is 2.51. The molecule has 20 heavy (non-hydrogen) atoms. The van der Waals surface area contributed by atoms with E-state index in [1.165, 1.54) is 17.0 Å². The van der Waals surface area contributed by atoms with E-state index in [-0.39, 0.29) is 35.9 Å². The fourth-order valence-electron chi connectivity index (χ4n) is 2.65. The van der Waals surface area contributed by atoms with Gasteiger partial charge in [0.2, 0.25) is 5.92 Å². The largest absolute Gasteiger partial charge is 0.381 e. The topological polar surface area (TPSA) is 91.5 Å². The smallest absolute Gasteiger partial charge is 0.248 e. The molecule has 0 radical (unpaired) electrons. The van der Waals surface area contributed by atoms with Crippen molar-refractivity contribution in [3.05, 3.63) is 17.9 Å². The van der Waals surface area contributed by atoms with Crippen LogP contribution in [0.3, 0.4) is 0 Å². The van der Waals surface area contributed by atoms with E-state index in [2.05, 4.69) is 4.98 Å². The van der Waals surface area contributed by atoms with E-state index in [4.69, 9.17) is 16.6 Å². The van der Waals surface area contributed by atoms with E-state index >= 15 is 0 Å². The van der Waals surface area contributed by atoms with E-state index in [9.17, 15) is 8.78 Å². The van der Waals surface area contributed by atoms with Crippen molar-refractivity contribution in [1.82, 2.24) is 9.55 Å². The summed E-state index contributed by atoms with van der Waals surface area (Å²) in [7, 11) is 0. The normalized spacial score (nSPS) is 25.9. The molecule has 0 aromatic carbocycles. The quantitative estimate of drug-likeness (QED) is 0.419. The lowest BCUT2D eigenvalue weighted by Gasteiger charge is -2.22. The van der Waals surface area contributed by atoms with Crippen molar-refractivity contribution < 1.29 is 8.78 Å². The summed E-state index contributed by atoms with van der Waals surface area (Å²) in [6, 6.07) is 0. The van der Waals surface area contributed by atoms with Crippen LogP contribution < -0.4 is 11.2 Å². The van der Waals surface area contributed by atoms with Crippen LogP contribution in [-0.2, 0) is 0 Å². The van der Waals surface area contributed by atoms with Gasteiger partial charge in [-0.1, -0.05) is 6.92 Å². The molecule has 1 aromatic rings. The molecule has 1 saturated carbocycles. The Morgan fingerprint density at radius 3 is 2.95 bits per heavy atom. The number of hydrogen-bond acceptors (Lipinski definition) is 4. The SMILES string of the molecule is CC1CCC(F)(F)CC(C(=N)n2ccnc(N)c2=N)C1. The molecular weight excluding hydrogens is 264 g/mol. The van der Waals surface area contributed by atoms with Gasteiger partial charge in [-0.15, -0.1) is 0 Å². The van der Waals surface area contributed by atoms with Crippen LogP contribution in [0.25, 0.3) is 0 Å². The van der Waals surface area contributed by atoms with Gasteiger partial charge < -0.3 is 5.73 Å². The lowest BCUT2D eigenvalue weighted by atomic mass is 9.93. The molecule has 1 aliphatic carbocycles. The minimum atomic E-state index is -2.75. The second kappa shape index (κ2) is 5.30. The number of nitrogen functional groups attached to an aromatic ring is 1. The van der Waals surface area contributed by atoms with E-state index in [0.29, 0.717) is 12.8 Å². The Labute approximate surface area is 115 Å². The minimum absolute atomic E-state index is 0.00229. The minimum Gasteiger partial charge on any atom is -0.381 e. The summed E-state index contributed by atoms with van der Waals surface area (Å²) in [6.45, 7) is 1.93. The molecule has 5 nitrogen and oxygen atoms in total. The van der Waals surface area contributed by atoms with Gasteiger partial charge in [-0.25, -0.2) is 13.8 Å². The molecule has 0 saturated heterocycles. The highest BCUT2D eigenvalue weighted by Crippen LogP contribution is 2.38. The number of halogens is 2. The highest BCUT2D eigenvalue weighted by molar-refractivity contribution is 5.84. The Balaban J connectivity index is 2.31. The lowest BCUT2D eigenvalue weighted by molar-refractivity contribution is -0.0199. The van der Waals surface area contributed by atoms with Crippen molar-refractivity contribution in [2.45, 2.75) is 38.5 Å². The van der Waals surface area contributed by atoms with Crippen molar-refractivity contribution >= 4 is 11.7 Å².